The molecule has 0 bridgehead atoms. The molecule has 0 aromatic rings. The minimum atomic E-state index is -7.85. The lowest BCUT2D eigenvalue weighted by Crippen LogP contribution is -2.67. The van der Waals surface area contributed by atoms with E-state index in [0.717, 1.165) is 0 Å². The molecular weight excluding hydrogens is 503 g/mol. The van der Waals surface area contributed by atoms with Crippen LogP contribution >= 0.6 is 0 Å². The molecule has 0 radical (unpaired) electrons. The molecule has 0 saturated carbocycles. The van der Waals surface area contributed by atoms with Crippen molar-refractivity contribution in [3.05, 3.63) is 0 Å². The first-order chi connectivity index (χ1) is 13.3. The summed E-state index contributed by atoms with van der Waals surface area (Å²) in [7, 11) is 0. The summed E-state index contributed by atoms with van der Waals surface area (Å²) < 4.78 is 218. The van der Waals surface area contributed by atoms with Gasteiger partial charge in [-0.15, -0.1) is 0 Å². The van der Waals surface area contributed by atoms with Gasteiger partial charge in [0.2, 0.25) is 0 Å². The Morgan fingerprint density at radius 2 is 1.00 bits per heavy atom. The SMILES string of the molecule is O=C(OCC(F)(F)[C@@H](F)C(F)(F)F)OCC(F)(F)C(F)(F)C(F)(F)C(F)(F)C(F)(F)F. The van der Waals surface area contributed by atoms with E-state index in [2.05, 4.69) is 9.47 Å². The zero-order valence-electron chi connectivity index (χ0n) is 13.6. The maximum atomic E-state index is 13.1. The van der Waals surface area contributed by atoms with Gasteiger partial charge in [0, 0.05) is 0 Å². The molecule has 31 heavy (non-hydrogen) atoms. The van der Waals surface area contributed by atoms with Gasteiger partial charge in [0.25, 0.3) is 6.17 Å². The van der Waals surface area contributed by atoms with E-state index < -0.39 is 67.5 Å². The third-order valence-corrected chi connectivity index (χ3v) is 3.02. The number of hydrogen-bond donors (Lipinski definition) is 0. The third kappa shape index (κ3) is 5.66. The predicted octanol–water partition coefficient (Wildman–Crippen LogP) is 5.78. The highest BCUT2D eigenvalue weighted by Crippen LogP contribution is 2.57. The third-order valence-electron chi connectivity index (χ3n) is 3.02. The smallest absolute Gasteiger partial charge is 0.428 e. The molecule has 0 unspecified atom stereocenters. The standard InChI is InChI=1S/C11H5F17O3/c12-3(7(17,18)19)5(13,14)1-30-4(29)31-2-6(15,16)8(20,21)9(22,23)10(24,25)11(26,27)28/h3H,1-2H2/t3-/m1/s1. The Labute approximate surface area is 158 Å². The second kappa shape index (κ2) is 8.21. The largest absolute Gasteiger partial charge is 0.508 e. The molecule has 0 amide bonds. The van der Waals surface area contributed by atoms with Crippen molar-refractivity contribution in [3.63, 3.8) is 0 Å². The lowest BCUT2D eigenvalue weighted by Gasteiger charge is -2.36. The molecule has 0 fully saturated rings. The average Bonchev–Trinajstić information content (AvgIpc) is 2.55. The number of halogens is 17. The monoisotopic (exact) mass is 508 g/mol. The van der Waals surface area contributed by atoms with Crippen molar-refractivity contribution in [2.24, 2.45) is 0 Å². The second-order valence-electron chi connectivity index (χ2n) is 5.42. The van der Waals surface area contributed by atoms with Crippen LogP contribution in [0.2, 0.25) is 0 Å². The average molecular weight is 508 g/mol. The fourth-order valence-electron chi connectivity index (χ4n) is 1.35. The van der Waals surface area contributed by atoms with Crippen LogP contribution in [0.3, 0.4) is 0 Å². The van der Waals surface area contributed by atoms with Crippen LogP contribution in [0.15, 0.2) is 0 Å². The van der Waals surface area contributed by atoms with Gasteiger partial charge in [0.05, 0.1) is 0 Å². The van der Waals surface area contributed by atoms with E-state index in [4.69, 9.17) is 0 Å². The molecule has 0 aliphatic carbocycles. The minimum Gasteiger partial charge on any atom is -0.428 e. The lowest BCUT2D eigenvalue weighted by atomic mass is 9.98. The summed E-state index contributed by atoms with van der Waals surface area (Å²) in [4.78, 5) is 10.7. The van der Waals surface area contributed by atoms with E-state index in [-0.39, 0.29) is 0 Å². The number of rotatable bonds is 8. The highest BCUT2D eigenvalue weighted by molar-refractivity contribution is 5.60. The Morgan fingerprint density at radius 3 is 1.35 bits per heavy atom. The summed E-state index contributed by atoms with van der Waals surface area (Å²) in [5.74, 6) is -35.5. The van der Waals surface area contributed by atoms with Crippen LogP contribution < -0.4 is 0 Å². The van der Waals surface area contributed by atoms with Gasteiger partial charge in [-0.1, -0.05) is 0 Å². The van der Waals surface area contributed by atoms with Gasteiger partial charge in [0.15, 0.2) is 13.2 Å². The molecule has 1 atom stereocenters. The van der Waals surface area contributed by atoms with Crippen LogP contribution in [0.25, 0.3) is 0 Å². The molecule has 0 aliphatic rings. The van der Waals surface area contributed by atoms with Crippen LogP contribution in [0.1, 0.15) is 0 Å². The highest BCUT2D eigenvalue weighted by atomic mass is 19.4. The van der Waals surface area contributed by atoms with Crippen LogP contribution in [0.5, 0.6) is 0 Å². The first-order valence-electron chi connectivity index (χ1n) is 6.72. The predicted molar refractivity (Wildman–Crippen MR) is 59.0 cm³/mol. The Balaban J connectivity index is 5.32. The molecule has 186 valence electrons. The quantitative estimate of drug-likeness (QED) is 0.308. The van der Waals surface area contributed by atoms with Gasteiger partial charge in [-0.25, -0.2) is 9.18 Å². The van der Waals surface area contributed by atoms with Gasteiger partial charge >= 0.3 is 48.1 Å². The van der Waals surface area contributed by atoms with Crippen molar-refractivity contribution in [1.29, 1.82) is 0 Å². The van der Waals surface area contributed by atoms with Crippen molar-refractivity contribution >= 4 is 6.16 Å². The highest BCUT2D eigenvalue weighted by Gasteiger charge is 2.87. The fraction of sp³-hybridized carbons (Fsp3) is 0.909. The summed E-state index contributed by atoms with van der Waals surface area (Å²) in [5.41, 5.74) is 0. The normalized spacial score (nSPS) is 16.2. The topological polar surface area (TPSA) is 35.5 Å². The summed E-state index contributed by atoms with van der Waals surface area (Å²) in [6.07, 6.45) is -21.7. The molecule has 0 N–H and O–H groups in total. The lowest BCUT2D eigenvalue weighted by molar-refractivity contribution is -0.423. The van der Waals surface area contributed by atoms with Crippen molar-refractivity contribution in [2.75, 3.05) is 13.2 Å². The fourth-order valence-corrected chi connectivity index (χ4v) is 1.35. The molecule has 0 aliphatic heterocycles. The molecule has 0 rings (SSSR count). The Kier molecular flexibility index (Phi) is 7.70. The summed E-state index contributed by atoms with van der Waals surface area (Å²) in [6, 6.07) is 0. The second-order valence-corrected chi connectivity index (χ2v) is 5.42. The summed E-state index contributed by atoms with van der Waals surface area (Å²) in [6.45, 7) is -6.41. The number of ether oxygens (including phenoxy) is 2. The van der Waals surface area contributed by atoms with E-state index in [1.165, 1.54) is 0 Å². The van der Waals surface area contributed by atoms with E-state index in [1.807, 2.05) is 0 Å². The summed E-state index contributed by atoms with van der Waals surface area (Å²) in [5, 5.41) is 0. The van der Waals surface area contributed by atoms with Gasteiger partial charge in [-0.2, -0.15) is 70.2 Å². The van der Waals surface area contributed by atoms with Crippen LogP contribution in [-0.4, -0.2) is 67.5 Å². The Bertz CT molecular complexity index is 634. The zero-order valence-corrected chi connectivity index (χ0v) is 13.6. The molecule has 0 saturated heterocycles. The van der Waals surface area contributed by atoms with Crippen molar-refractivity contribution in [3.8, 4) is 0 Å². The van der Waals surface area contributed by atoms with E-state index >= 15 is 0 Å². The van der Waals surface area contributed by atoms with E-state index in [0.29, 0.717) is 0 Å². The molecular formula is C11H5F17O3. The Hall–Kier alpha value is -1.92. The molecule has 0 aromatic carbocycles. The minimum absolute atomic E-state index is 2.86. The molecule has 0 heterocycles. The van der Waals surface area contributed by atoms with Crippen LogP contribution in [-0.2, 0) is 9.47 Å². The molecule has 20 heteroatoms. The zero-order chi connectivity index (χ0) is 25.5. The molecule has 0 spiro atoms. The molecule has 0 aromatic heterocycles. The van der Waals surface area contributed by atoms with Crippen molar-refractivity contribution in [2.45, 2.75) is 48.1 Å². The van der Waals surface area contributed by atoms with Crippen LogP contribution in [0.4, 0.5) is 79.4 Å². The van der Waals surface area contributed by atoms with Gasteiger partial charge in [0.1, 0.15) is 0 Å². The first kappa shape index (κ1) is 29.1. The van der Waals surface area contributed by atoms with Crippen molar-refractivity contribution < 1.29 is 88.9 Å². The maximum absolute atomic E-state index is 13.1. The van der Waals surface area contributed by atoms with E-state index in [1.54, 1.807) is 0 Å². The molecule has 3 nitrogen and oxygen atoms in total. The first-order valence-corrected chi connectivity index (χ1v) is 6.72. The Morgan fingerprint density at radius 1 is 0.613 bits per heavy atom. The summed E-state index contributed by atoms with van der Waals surface area (Å²) >= 11 is 0. The van der Waals surface area contributed by atoms with Gasteiger partial charge in [-0.3, -0.25) is 0 Å². The van der Waals surface area contributed by atoms with Gasteiger partial charge in [-0.05, 0) is 0 Å². The number of hydrogen-bond acceptors (Lipinski definition) is 3. The van der Waals surface area contributed by atoms with Crippen molar-refractivity contribution in [1.82, 2.24) is 0 Å². The van der Waals surface area contributed by atoms with Gasteiger partial charge < -0.3 is 9.47 Å². The number of carbonyl (C=O) groups excluding carboxylic acids is 1. The number of alkyl halides is 17. The van der Waals surface area contributed by atoms with Crippen LogP contribution in [0, 0.1) is 0 Å². The van der Waals surface area contributed by atoms with E-state index in [9.17, 15) is 79.4 Å². The maximum Gasteiger partial charge on any atom is 0.508 e. The number of carbonyl (C=O) groups is 1.